The van der Waals surface area contributed by atoms with Gasteiger partial charge in [0.2, 0.25) is 0 Å². The van der Waals surface area contributed by atoms with E-state index in [1.165, 1.54) is 0 Å². The summed E-state index contributed by atoms with van der Waals surface area (Å²) >= 11 is 0. The first kappa shape index (κ1) is 7.04. The molecule has 0 fully saturated rings. The maximum Gasteiger partial charge on any atom is 0.170 e. The van der Waals surface area contributed by atoms with Crippen LogP contribution in [0.25, 0.3) is 0 Å². The zero-order valence-corrected chi connectivity index (χ0v) is 6.05. The van der Waals surface area contributed by atoms with Gasteiger partial charge in [0.15, 0.2) is 5.78 Å². The monoisotopic (exact) mass is 134 g/mol. The fourth-order valence-corrected chi connectivity index (χ4v) is 0.866. The molecule has 0 amide bonds. The molecule has 0 bridgehead atoms. The molecule has 1 heteroatoms. The van der Waals surface area contributed by atoms with Gasteiger partial charge < -0.3 is 0 Å². The molecule has 0 atom stereocenters. The first-order chi connectivity index (χ1) is 4.84. The summed E-state index contributed by atoms with van der Waals surface area (Å²) < 4.78 is 0. The van der Waals surface area contributed by atoms with E-state index in [1.54, 1.807) is 12.2 Å². The van der Waals surface area contributed by atoms with Crippen molar-refractivity contribution in [2.24, 2.45) is 0 Å². The molecule has 0 aromatic rings. The Morgan fingerprint density at radius 3 is 3.00 bits per heavy atom. The number of allylic oxidation sites excluding steroid dienone is 3. The lowest BCUT2D eigenvalue weighted by Gasteiger charge is -1.92. The van der Waals surface area contributed by atoms with E-state index >= 15 is 0 Å². The Labute approximate surface area is 60.7 Å². The molecule has 0 N–H and O–H groups in total. The molecule has 1 nitrogen and oxygen atoms in total. The SMILES string of the molecule is CCCC(=O)C1=C=CC=C1. The average Bonchev–Trinajstić information content (AvgIpc) is 2.38. The minimum Gasteiger partial charge on any atom is -0.293 e. The van der Waals surface area contributed by atoms with E-state index in [1.807, 2.05) is 13.0 Å². The summed E-state index contributed by atoms with van der Waals surface area (Å²) in [6.45, 7) is 2.00. The van der Waals surface area contributed by atoms with Crippen LogP contribution in [0.2, 0.25) is 0 Å². The standard InChI is InChI=1S/C9H10O/c1-2-5-9(10)8-6-3-4-7-8/h3-4,6H,2,5H2,1H3. The molecule has 0 aliphatic heterocycles. The van der Waals surface area contributed by atoms with Gasteiger partial charge in [-0.15, -0.1) is 5.73 Å². The number of hydrogen-bond donors (Lipinski definition) is 0. The van der Waals surface area contributed by atoms with E-state index in [0.29, 0.717) is 6.42 Å². The number of ketones is 1. The smallest absolute Gasteiger partial charge is 0.170 e. The van der Waals surface area contributed by atoms with Crippen molar-refractivity contribution in [2.75, 3.05) is 0 Å². The first-order valence-electron chi connectivity index (χ1n) is 3.51. The van der Waals surface area contributed by atoms with Crippen molar-refractivity contribution in [1.82, 2.24) is 0 Å². The van der Waals surface area contributed by atoms with Crippen molar-refractivity contribution in [3.8, 4) is 0 Å². The molecule has 1 rings (SSSR count). The molecule has 1 aliphatic rings. The summed E-state index contributed by atoms with van der Waals surface area (Å²) in [6.07, 6.45) is 6.96. The van der Waals surface area contributed by atoms with Crippen molar-refractivity contribution >= 4 is 5.78 Å². The lowest BCUT2D eigenvalue weighted by molar-refractivity contribution is -0.115. The molecule has 0 saturated heterocycles. The van der Waals surface area contributed by atoms with E-state index in [4.69, 9.17) is 0 Å². The van der Waals surface area contributed by atoms with Crippen molar-refractivity contribution in [3.05, 3.63) is 29.5 Å². The molecule has 0 unspecified atom stereocenters. The van der Waals surface area contributed by atoms with Gasteiger partial charge in [0.05, 0.1) is 5.57 Å². The lowest BCUT2D eigenvalue weighted by Crippen LogP contribution is -1.96. The molecule has 0 spiro atoms. The van der Waals surface area contributed by atoms with E-state index in [2.05, 4.69) is 5.73 Å². The second-order valence-corrected chi connectivity index (χ2v) is 2.26. The Kier molecular flexibility index (Phi) is 2.24. The van der Waals surface area contributed by atoms with Crippen LogP contribution in [0.4, 0.5) is 0 Å². The maximum absolute atomic E-state index is 11.1. The van der Waals surface area contributed by atoms with Crippen molar-refractivity contribution in [3.63, 3.8) is 0 Å². The van der Waals surface area contributed by atoms with Gasteiger partial charge in [-0.3, -0.25) is 4.79 Å². The van der Waals surface area contributed by atoms with Gasteiger partial charge in [-0.25, -0.2) is 0 Å². The Hall–Kier alpha value is -1.07. The number of rotatable bonds is 3. The molecule has 1 aliphatic carbocycles. The summed E-state index contributed by atoms with van der Waals surface area (Å²) in [5, 5.41) is 0. The Bertz CT molecular complexity index is 227. The van der Waals surface area contributed by atoms with Gasteiger partial charge in [0.25, 0.3) is 0 Å². The normalized spacial score (nSPS) is 13.9. The highest BCUT2D eigenvalue weighted by molar-refractivity contribution is 5.98. The van der Waals surface area contributed by atoms with Gasteiger partial charge in [-0.2, -0.15) is 0 Å². The molecular weight excluding hydrogens is 124 g/mol. The molecule has 0 heterocycles. The van der Waals surface area contributed by atoms with Crippen LogP contribution < -0.4 is 0 Å². The molecule has 0 saturated carbocycles. The van der Waals surface area contributed by atoms with Gasteiger partial charge in [0.1, 0.15) is 0 Å². The molecule has 52 valence electrons. The lowest BCUT2D eigenvalue weighted by atomic mass is 10.1. The Morgan fingerprint density at radius 2 is 2.50 bits per heavy atom. The average molecular weight is 134 g/mol. The van der Waals surface area contributed by atoms with Crippen LogP contribution in [0.3, 0.4) is 0 Å². The quantitative estimate of drug-likeness (QED) is 0.539. The first-order valence-corrected chi connectivity index (χ1v) is 3.51. The molecular formula is C9H10O. The van der Waals surface area contributed by atoms with Crippen LogP contribution >= 0.6 is 0 Å². The summed E-state index contributed by atoms with van der Waals surface area (Å²) in [5.74, 6) is 0.201. The summed E-state index contributed by atoms with van der Waals surface area (Å²) in [6, 6.07) is 0. The van der Waals surface area contributed by atoms with Crippen LogP contribution in [0.5, 0.6) is 0 Å². The van der Waals surface area contributed by atoms with Crippen molar-refractivity contribution in [1.29, 1.82) is 0 Å². The van der Waals surface area contributed by atoms with Gasteiger partial charge in [0, 0.05) is 6.42 Å². The largest absolute Gasteiger partial charge is 0.293 e. The maximum atomic E-state index is 11.1. The number of carbonyl (C=O) groups is 1. The highest BCUT2D eigenvalue weighted by Crippen LogP contribution is 2.06. The number of hydrogen-bond acceptors (Lipinski definition) is 1. The zero-order valence-electron chi connectivity index (χ0n) is 6.05. The van der Waals surface area contributed by atoms with Crippen molar-refractivity contribution < 1.29 is 4.79 Å². The Balaban J connectivity index is 2.58. The predicted molar refractivity (Wildman–Crippen MR) is 40.7 cm³/mol. The van der Waals surface area contributed by atoms with E-state index in [0.717, 1.165) is 12.0 Å². The van der Waals surface area contributed by atoms with Crippen molar-refractivity contribution in [2.45, 2.75) is 19.8 Å². The third-order valence-electron chi connectivity index (χ3n) is 1.38. The molecule has 10 heavy (non-hydrogen) atoms. The third kappa shape index (κ3) is 1.46. The van der Waals surface area contributed by atoms with Gasteiger partial charge in [-0.05, 0) is 18.6 Å². The minimum atomic E-state index is 0.201. The summed E-state index contributed by atoms with van der Waals surface area (Å²) in [4.78, 5) is 11.1. The highest BCUT2D eigenvalue weighted by Gasteiger charge is 2.04. The van der Waals surface area contributed by atoms with E-state index < -0.39 is 0 Å². The van der Waals surface area contributed by atoms with Gasteiger partial charge in [-0.1, -0.05) is 13.0 Å². The molecule has 0 radical (unpaired) electrons. The van der Waals surface area contributed by atoms with Crippen LogP contribution in [-0.2, 0) is 4.79 Å². The van der Waals surface area contributed by atoms with E-state index in [9.17, 15) is 4.79 Å². The van der Waals surface area contributed by atoms with Crippen LogP contribution in [0, 0.1) is 0 Å². The Morgan fingerprint density at radius 1 is 1.70 bits per heavy atom. The second-order valence-electron chi connectivity index (χ2n) is 2.26. The van der Waals surface area contributed by atoms with Gasteiger partial charge >= 0.3 is 0 Å². The van der Waals surface area contributed by atoms with Crippen LogP contribution in [-0.4, -0.2) is 5.78 Å². The molecule has 0 aromatic heterocycles. The molecule has 0 aromatic carbocycles. The highest BCUT2D eigenvalue weighted by atomic mass is 16.1. The summed E-state index contributed by atoms with van der Waals surface area (Å²) in [7, 11) is 0. The summed E-state index contributed by atoms with van der Waals surface area (Å²) in [5.41, 5.74) is 3.60. The number of Topliss-reactive ketones (excluding diaryl/α,β-unsaturated/α-hetero) is 1. The van der Waals surface area contributed by atoms with Crippen LogP contribution in [0.1, 0.15) is 19.8 Å². The second kappa shape index (κ2) is 3.19. The fourth-order valence-electron chi connectivity index (χ4n) is 0.866. The van der Waals surface area contributed by atoms with E-state index in [-0.39, 0.29) is 5.78 Å². The topological polar surface area (TPSA) is 17.1 Å². The minimum absolute atomic E-state index is 0.201. The van der Waals surface area contributed by atoms with Crippen LogP contribution in [0.15, 0.2) is 29.5 Å². The predicted octanol–water partition coefficient (Wildman–Crippen LogP) is 2.01. The number of carbonyl (C=O) groups excluding carboxylic acids is 1. The third-order valence-corrected chi connectivity index (χ3v) is 1.38. The fraction of sp³-hybridized carbons (Fsp3) is 0.333. The zero-order chi connectivity index (χ0) is 7.40.